The van der Waals surface area contributed by atoms with Crippen molar-refractivity contribution in [2.24, 2.45) is 5.92 Å². The zero-order valence-electron chi connectivity index (χ0n) is 22.6. The summed E-state index contributed by atoms with van der Waals surface area (Å²) in [5, 5.41) is 16.7. The summed E-state index contributed by atoms with van der Waals surface area (Å²) in [4.78, 5) is 50.3. The van der Waals surface area contributed by atoms with Crippen LogP contribution in [0, 0.1) is 5.92 Å². The highest BCUT2D eigenvalue weighted by Gasteiger charge is 2.64. The van der Waals surface area contributed by atoms with Gasteiger partial charge in [0.05, 0.1) is 16.3 Å². The molecule has 1 saturated carbocycles. The number of aromatic nitrogens is 5. The predicted octanol–water partition coefficient (Wildman–Crippen LogP) is 4.36. The van der Waals surface area contributed by atoms with Gasteiger partial charge in [0.15, 0.2) is 5.69 Å². The molecule has 7 rings (SSSR count). The summed E-state index contributed by atoms with van der Waals surface area (Å²) in [7, 11) is 0. The number of anilines is 1. The molecule has 2 aliphatic carbocycles. The molecule has 1 aromatic carbocycles. The number of rotatable bonds is 4. The normalized spacial score (nSPS) is 20.1. The Balaban J connectivity index is 1.21. The smallest absolute Gasteiger partial charge is 0.416 e. The van der Waals surface area contributed by atoms with Crippen LogP contribution in [0.25, 0.3) is 5.78 Å². The highest BCUT2D eigenvalue weighted by Crippen LogP contribution is 2.67. The van der Waals surface area contributed by atoms with E-state index in [-0.39, 0.29) is 56.6 Å². The standard InChI is InChI=1S/C28H22BrClF3N7O4/c29-25-36-26-39(12-19(42)35-17-4-3-13(10-16(17)30)28(31,32)33)22-14-11-15(14)27(20(22)23(43)40(26)37-25)5-8-38(9-6-27)24(44)21-18(41)2-1-7-34-21/h1-4,7,10,14-15,41H,5-6,8-9,11-12H2,(H,35,42)/t14-,15+/m0/s1. The first-order chi connectivity index (χ1) is 20.9. The van der Waals surface area contributed by atoms with E-state index in [4.69, 9.17) is 11.6 Å². The molecule has 44 heavy (non-hydrogen) atoms. The van der Waals surface area contributed by atoms with Gasteiger partial charge in [0, 0.05) is 41.9 Å². The number of hydrogen-bond acceptors (Lipinski definition) is 7. The fourth-order valence-corrected chi connectivity index (χ4v) is 7.46. The Morgan fingerprint density at radius 3 is 2.64 bits per heavy atom. The van der Waals surface area contributed by atoms with Gasteiger partial charge in [-0.15, -0.1) is 5.10 Å². The highest BCUT2D eigenvalue weighted by molar-refractivity contribution is 9.10. The Morgan fingerprint density at radius 2 is 1.95 bits per heavy atom. The number of piperidine rings is 1. The van der Waals surface area contributed by atoms with Gasteiger partial charge < -0.3 is 19.9 Å². The Morgan fingerprint density at radius 1 is 1.20 bits per heavy atom. The van der Waals surface area contributed by atoms with Gasteiger partial charge in [0.2, 0.25) is 16.4 Å². The molecule has 16 heteroatoms. The summed E-state index contributed by atoms with van der Waals surface area (Å²) < 4.78 is 42.2. The van der Waals surface area contributed by atoms with E-state index in [1.54, 1.807) is 9.47 Å². The molecular weight excluding hydrogens is 671 g/mol. The van der Waals surface area contributed by atoms with Gasteiger partial charge >= 0.3 is 6.18 Å². The lowest BCUT2D eigenvalue weighted by molar-refractivity contribution is -0.137. The van der Waals surface area contributed by atoms with Crippen LogP contribution in [0.4, 0.5) is 18.9 Å². The van der Waals surface area contributed by atoms with E-state index < -0.39 is 29.0 Å². The second kappa shape index (κ2) is 10.0. The van der Waals surface area contributed by atoms with Gasteiger partial charge in [-0.05, 0) is 71.4 Å². The SMILES string of the molecule is O=C(Cn1c2c(c(=O)n3nc(Br)nc13)C1(CCN(C(=O)c3ncccc3O)CC1)[C@@H]1C[C@H]21)Nc1ccc(C(F)(F)F)cc1Cl. The van der Waals surface area contributed by atoms with Crippen molar-refractivity contribution in [3.8, 4) is 5.75 Å². The fourth-order valence-electron chi connectivity index (χ4n) is 6.92. The number of nitrogens with zero attached hydrogens (tertiary/aromatic N) is 6. The third-order valence-electron chi connectivity index (χ3n) is 8.91. The van der Waals surface area contributed by atoms with E-state index in [9.17, 15) is 32.7 Å². The van der Waals surface area contributed by atoms with Crippen LogP contribution >= 0.6 is 27.5 Å². The van der Waals surface area contributed by atoms with Crippen LogP contribution in [0.15, 0.2) is 46.1 Å². The van der Waals surface area contributed by atoms with Crippen LogP contribution in [0.2, 0.25) is 5.02 Å². The average Bonchev–Trinajstić information content (AvgIpc) is 3.61. The maximum Gasteiger partial charge on any atom is 0.416 e. The highest BCUT2D eigenvalue weighted by atomic mass is 79.9. The predicted molar refractivity (Wildman–Crippen MR) is 154 cm³/mol. The van der Waals surface area contributed by atoms with Crippen molar-refractivity contribution < 1.29 is 27.9 Å². The van der Waals surface area contributed by atoms with Crippen LogP contribution in [0.3, 0.4) is 0 Å². The van der Waals surface area contributed by atoms with E-state index in [0.717, 1.165) is 29.1 Å². The van der Waals surface area contributed by atoms with Crippen LogP contribution in [-0.4, -0.2) is 59.1 Å². The minimum absolute atomic E-state index is 0.0114. The second-order valence-electron chi connectivity index (χ2n) is 11.3. The molecule has 228 valence electrons. The van der Waals surface area contributed by atoms with Gasteiger partial charge in [0.1, 0.15) is 12.3 Å². The summed E-state index contributed by atoms with van der Waals surface area (Å²) in [5.74, 6) is -0.913. The Bertz CT molecular complexity index is 1940. The van der Waals surface area contributed by atoms with E-state index in [1.165, 1.54) is 18.3 Å². The topological polar surface area (TPSA) is 135 Å². The molecule has 4 heterocycles. The molecular formula is C28H22BrClF3N7O4. The van der Waals surface area contributed by atoms with Crippen molar-refractivity contribution in [2.45, 2.75) is 43.3 Å². The maximum absolute atomic E-state index is 13.9. The van der Waals surface area contributed by atoms with Crippen LogP contribution in [0.1, 0.15) is 52.5 Å². The van der Waals surface area contributed by atoms with Crippen LogP contribution in [0.5, 0.6) is 5.75 Å². The Kier molecular flexibility index (Phi) is 6.55. The third-order valence-corrected chi connectivity index (χ3v) is 9.56. The maximum atomic E-state index is 13.9. The number of alkyl halides is 3. The number of fused-ring (bicyclic) bond motifs is 6. The first-order valence-corrected chi connectivity index (χ1v) is 14.9. The number of pyridine rings is 1. The summed E-state index contributed by atoms with van der Waals surface area (Å²) in [6.07, 6.45) is -1.38. The molecule has 2 fully saturated rings. The van der Waals surface area contributed by atoms with Crippen molar-refractivity contribution in [2.75, 3.05) is 18.4 Å². The lowest BCUT2D eigenvalue weighted by atomic mass is 9.71. The van der Waals surface area contributed by atoms with Crippen molar-refractivity contribution in [1.82, 2.24) is 29.0 Å². The molecule has 2 amide bonds. The Hall–Kier alpha value is -3.98. The fraction of sp³-hybridized carbons (Fsp3) is 0.357. The molecule has 2 atom stereocenters. The number of amides is 2. The van der Waals surface area contributed by atoms with Gasteiger partial charge in [0.25, 0.3) is 11.5 Å². The molecule has 1 aliphatic heterocycles. The summed E-state index contributed by atoms with van der Waals surface area (Å²) >= 11 is 9.29. The van der Waals surface area contributed by atoms with E-state index >= 15 is 0 Å². The van der Waals surface area contributed by atoms with E-state index in [0.29, 0.717) is 37.2 Å². The summed E-state index contributed by atoms with van der Waals surface area (Å²) in [5.41, 5.74) is -0.636. The number of likely N-dealkylation sites (tertiary alicyclic amines) is 1. The largest absolute Gasteiger partial charge is 0.505 e. The zero-order valence-corrected chi connectivity index (χ0v) is 24.9. The van der Waals surface area contributed by atoms with Crippen molar-refractivity contribution in [1.29, 1.82) is 0 Å². The van der Waals surface area contributed by atoms with Gasteiger partial charge in [-0.3, -0.25) is 14.4 Å². The number of halogens is 5. The number of carbonyl (C=O) groups is 2. The minimum Gasteiger partial charge on any atom is -0.505 e. The van der Waals surface area contributed by atoms with Gasteiger partial charge in [-0.25, -0.2) is 4.98 Å². The van der Waals surface area contributed by atoms with Crippen molar-refractivity contribution in [3.63, 3.8) is 0 Å². The van der Waals surface area contributed by atoms with E-state index in [2.05, 4.69) is 36.3 Å². The molecule has 3 aliphatic rings. The van der Waals surface area contributed by atoms with Crippen molar-refractivity contribution in [3.05, 3.63) is 79.2 Å². The monoisotopic (exact) mass is 691 g/mol. The Labute approximate surface area is 259 Å². The van der Waals surface area contributed by atoms with Gasteiger partial charge in [-0.1, -0.05) is 11.6 Å². The van der Waals surface area contributed by atoms with E-state index in [1.807, 2.05) is 0 Å². The number of benzene rings is 1. The lowest BCUT2D eigenvalue weighted by Gasteiger charge is -2.41. The molecule has 1 spiro atoms. The molecule has 0 radical (unpaired) electrons. The summed E-state index contributed by atoms with van der Waals surface area (Å²) in [6, 6.07) is 5.60. The number of hydrogen-bond donors (Lipinski definition) is 2. The van der Waals surface area contributed by atoms with Crippen LogP contribution in [-0.2, 0) is 22.9 Å². The first-order valence-electron chi connectivity index (χ1n) is 13.7. The summed E-state index contributed by atoms with van der Waals surface area (Å²) in [6.45, 7) is 0.378. The molecule has 11 nitrogen and oxygen atoms in total. The average molecular weight is 693 g/mol. The third kappa shape index (κ3) is 4.47. The molecule has 3 aromatic heterocycles. The minimum atomic E-state index is -4.59. The molecule has 1 saturated heterocycles. The molecule has 4 aromatic rings. The number of aromatic hydroxyl groups is 1. The lowest BCUT2D eigenvalue weighted by Crippen LogP contribution is -2.48. The van der Waals surface area contributed by atoms with Gasteiger partial charge in [-0.2, -0.15) is 22.7 Å². The first kappa shape index (κ1) is 28.8. The van der Waals surface area contributed by atoms with Crippen molar-refractivity contribution >= 4 is 50.8 Å². The molecule has 0 unspecified atom stereocenters. The quantitative estimate of drug-likeness (QED) is 0.325. The molecule has 2 N–H and O–H groups in total. The van der Waals surface area contributed by atoms with Crippen LogP contribution < -0.4 is 10.9 Å². The second-order valence-corrected chi connectivity index (χ2v) is 12.4. The zero-order chi connectivity index (χ0) is 31.1. The molecule has 0 bridgehead atoms. The number of carbonyl (C=O) groups excluding carboxylic acids is 2. The number of nitrogens with one attached hydrogen (secondary N) is 1.